The van der Waals surface area contributed by atoms with E-state index in [2.05, 4.69) is 53.4 Å². The number of aromatic nitrogens is 1. The average Bonchev–Trinajstić information content (AvgIpc) is 3.04. The fraction of sp³-hybridized carbons (Fsp3) is 0.438. The fourth-order valence-electron chi connectivity index (χ4n) is 2.89. The number of benzene rings is 1. The molecule has 2 nitrogen and oxygen atoms in total. The van der Waals surface area contributed by atoms with Gasteiger partial charge in [0.05, 0.1) is 0 Å². The van der Waals surface area contributed by atoms with Crippen LogP contribution in [0.5, 0.6) is 0 Å². The Morgan fingerprint density at radius 2 is 1.95 bits per heavy atom. The fourth-order valence-corrected chi connectivity index (χ4v) is 3.61. The van der Waals surface area contributed by atoms with E-state index in [4.69, 9.17) is 0 Å². The lowest BCUT2D eigenvalue weighted by atomic mass is 10.1. The zero-order valence-electron chi connectivity index (χ0n) is 11.5. The number of fused-ring (bicyclic) bond motifs is 1. The molecule has 0 N–H and O–H groups in total. The minimum absolute atomic E-state index is 0.575. The van der Waals surface area contributed by atoms with Crippen LogP contribution in [0.4, 0.5) is 5.13 Å². The third-order valence-corrected chi connectivity index (χ3v) is 4.51. The van der Waals surface area contributed by atoms with Crippen LogP contribution in [-0.4, -0.2) is 17.6 Å². The van der Waals surface area contributed by atoms with Crippen LogP contribution >= 0.6 is 11.3 Å². The minimum atomic E-state index is 0.575. The van der Waals surface area contributed by atoms with Gasteiger partial charge in [-0.15, -0.1) is 11.3 Å². The first-order valence-corrected chi connectivity index (χ1v) is 7.85. The molecule has 0 spiro atoms. The molecule has 3 heteroatoms. The van der Waals surface area contributed by atoms with Crippen molar-refractivity contribution in [1.29, 1.82) is 0 Å². The molecule has 0 saturated heterocycles. The van der Waals surface area contributed by atoms with Crippen molar-refractivity contribution in [2.24, 2.45) is 5.92 Å². The Morgan fingerprint density at radius 3 is 2.47 bits per heavy atom. The maximum absolute atomic E-state index is 4.52. The standard InChI is InChI=1S/C16H20N2S/c1-12(2)11-18(16-17-7-8-19-16)15-9-13-5-3-4-6-14(13)10-15/h3-8,12,15H,9-11H2,1-2H3. The van der Waals surface area contributed by atoms with Crippen LogP contribution in [0.25, 0.3) is 0 Å². The molecule has 0 atom stereocenters. The van der Waals surface area contributed by atoms with Gasteiger partial charge in [-0.05, 0) is 29.9 Å². The normalized spacial score (nSPS) is 14.9. The van der Waals surface area contributed by atoms with E-state index >= 15 is 0 Å². The Hall–Kier alpha value is -1.35. The lowest BCUT2D eigenvalue weighted by molar-refractivity contribution is 0.540. The molecule has 2 aromatic rings. The van der Waals surface area contributed by atoms with Crippen LogP contribution in [-0.2, 0) is 12.8 Å². The molecule has 1 aromatic heterocycles. The van der Waals surface area contributed by atoms with Gasteiger partial charge in [0, 0.05) is 24.2 Å². The number of hydrogen-bond donors (Lipinski definition) is 0. The van der Waals surface area contributed by atoms with E-state index in [0.717, 1.165) is 19.4 Å². The van der Waals surface area contributed by atoms with Crippen LogP contribution in [0, 0.1) is 5.92 Å². The summed E-state index contributed by atoms with van der Waals surface area (Å²) >= 11 is 1.75. The molecule has 1 aliphatic rings. The summed E-state index contributed by atoms with van der Waals surface area (Å²) in [6, 6.07) is 9.41. The lowest BCUT2D eigenvalue weighted by Gasteiger charge is -2.30. The smallest absolute Gasteiger partial charge is 0.185 e. The molecule has 0 unspecified atom stereocenters. The maximum atomic E-state index is 4.52. The van der Waals surface area contributed by atoms with Crippen LogP contribution in [0.15, 0.2) is 35.8 Å². The molecule has 0 amide bonds. The van der Waals surface area contributed by atoms with E-state index in [1.54, 1.807) is 11.3 Å². The lowest BCUT2D eigenvalue weighted by Crippen LogP contribution is -2.38. The summed E-state index contributed by atoms with van der Waals surface area (Å²) in [5.74, 6) is 0.660. The van der Waals surface area contributed by atoms with Gasteiger partial charge >= 0.3 is 0 Å². The van der Waals surface area contributed by atoms with Crippen molar-refractivity contribution < 1.29 is 0 Å². The zero-order valence-corrected chi connectivity index (χ0v) is 12.4. The molecule has 1 aliphatic carbocycles. The van der Waals surface area contributed by atoms with E-state index in [1.165, 1.54) is 16.3 Å². The monoisotopic (exact) mass is 272 g/mol. The molecule has 1 heterocycles. The molecular formula is C16H20N2S. The summed E-state index contributed by atoms with van der Waals surface area (Å²) in [4.78, 5) is 7.03. The minimum Gasteiger partial charge on any atom is -0.344 e. The summed E-state index contributed by atoms with van der Waals surface area (Å²) in [7, 11) is 0. The topological polar surface area (TPSA) is 16.1 Å². The third kappa shape index (κ3) is 2.66. The number of rotatable bonds is 4. The van der Waals surface area contributed by atoms with Crippen molar-refractivity contribution >= 4 is 16.5 Å². The second kappa shape index (κ2) is 5.33. The summed E-state index contributed by atoms with van der Waals surface area (Å²) in [5.41, 5.74) is 3.02. The van der Waals surface area contributed by atoms with Gasteiger partial charge in [-0.25, -0.2) is 4.98 Å². The SMILES string of the molecule is CC(C)CN(c1nccs1)C1Cc2ccccc2C1. The predicted molar refractivity (Wildman–Crippen MR) is 81.9 cm³/mol. The van der Waals surface area contributed by atoms with Gasteiger partial charge in [0.1, 0.15) is 0 Å². The first-order valence-electron chi connectivity index (χ1n) is 6.97. The quantitative estimate of drug-likeness (QED) is 0.842. The Labute approximate surface area is 119 Å². The largest absolute Gasteiger partial charge is 0.344 e. The second-order valence-electron chi connectivity index (χ2n) is 5.69. The Balaban J connectivity index is 1.83. The molecule has 0 bridgehead atoms. The van der Waals surface area contributed by atoms with E-state index < -0.39 is 0 Å². The van der Waals surface area contributed by atoms with Crippen molar-refractivity contribution in [1.82, 2.24) is 4.98 Å². The molecule has 100 valence electrons. The summed E-state index contributed by atoms with van der Waals surface area (Å²) in [5, 5.41) is 3.25. The predicted octanol–water partition coefficient (Wildman–Crippen LogP) is 3.77. The highest BCUT2D eigenvalue weighted by molar-refractivity contribution is 7.13. The highest BCUT2D eigenvalue weighted by Crippen LogP contribution is 2.30. The number of hydrogen-bond acceptors (Lipinski definition) is 3. The molecule has 19 heavy (non-hydrogen) atoms. The Bertz CT molecular complexity index is 508. The first kappa shape index (κ1) is 12.7. The van der Waals surface area contributed by atoms with E-state index in [1.807, 2.05) is 6.20 Å². The molecule has 0 aliphatic heterocycles. The van der Waals surface area contributed by atoms with Crippen molar-refractivity contribution in [3.8, 4) is 0 Å². The molecule has 0 fully saturated rings. The van der Waals surface area contributed by atoms with Crippen molar-refractivity contribution in [2.45, 2.75) is 32.7 Å². The van der Waals surface area contributed by atoms with E-state index in [0.29, 0.717) is 12.0 Å². The first-order chi connectivity index (χ1) is 9.24. The molecule has 1 aromatic carbocycles. The van der Waals surface area contributed by atoms with Crippen LogP contribution in [0.1, 0.15) is 25.0 Å². The van der Waals surface area contributed by atoms with Crippen LogP contribution in [0.3, 0.4) is 0 Å². The molecule has 0 radical (unpaired) electrons. The van der Waals surface area contributed by atoms with E-state index in [-0.39, 0.29) is 0 Å². The maximum Gasteiger partial charge on any atom is 0.185 e. The molecule has 0 saturated carbocycles. The summed E-state index contributed by atoms with van der Waals surface area (Å²) in [6.07, 6.45) is 4.22. The van der Waals surface area contributed by atoms with Crippen molar-refractivity contribution in [2.75, 3.05) is 11.4 Å². The number of nitrogens with zero attached hydrogens (tertiary/aromatic N) is 2. The molecule has 3 rings (SSSR count). The van der Waals surface area contributed by atoms with Gasteiger partial charge in [-0.3, -0.25) is 0 Å². The van der Waals surface area contributed by atoms with Gasteiger partial charge < -0.3 is 4.90 Å². The number of thiazole rings is 1. The molecular weight excluding hydrogens is 252 g/mol. The third-order valence-electron chi connectivity index (χ3n) is 3.70. The van der Waals surface area contributed by atoms with Gasteiger partial charge in [0.2, 0.25) is 0 Å². The highest BCUT2D eigenvalue weighted by atomic mass is 32.1. The van der Waals surface area contributed by atoms with E-state index in [9.17, 15) is 0 Å². The zero-order chi connectivity index (χ0) is 13.2. The Morgan fingerprint density at radius 1 is 1.26 bits per heavy atom. The van der Waals surface area contributed by atoms with Crippen molar-refractivity contribution in [3.63, 3.8) is 0 Å². The van der Waals surface area contributed by atoms with Crippen LogP contribution < -0.4 is 4.90 Å². The Kier molecular flexibility index (Phi) is 3.56. The highest BCUT2D eigenvalue weighted by Gasteiger charge is 2.28. The number of anilines is 1. The van der Waals surface area contributed by atoms with Gasteiger partial charge in [-0.1, -0.05) is 38.1 Å². The van der Waals surface area contributed by atoms with Crippen LogP contribution in [0.2, 0.25) is 0 Å². The van der Waals surface area contributed by atoms with Crippen molar-refractivity contribution in [3.05, 3.63) is 47.0 Å². The average molecular weight is 272 g/mol. The second-order valence-corrected chi connectivity index (χ2v) is 6.56. The summed E-state index contributed by atoms with van der Waals surface area (Å²) in [6.45, 7) is 5.65. The summed E-state index contributed by atoms with van der Waals surface area (Å²) < 4.78 is 0. The van der Waals surface area contributed by atoms with Gasteiger partial charge in [-0.2, -0.15) is 0 Å². The van der Waals surface area contributed by atoms with Gasteiger partial charge in [0.15, 0.2) is 5.13 Å². The van der Waals surface area contributed by atoms with Gasteiger partial charge in [0.25, 0.3) is 0 Å².